The first-order valence-corrected chi connectivity index (χ1v) is 9.87. The van der Waals surface area contributed by atoms with Crippen LogP contribution >= 0.6 is 22.7 Å². The van der Waals surface area contributed by atoms with E-state index in [9.17, 15) is 4.39 Å². The molecule has 0 radical (unpaired) electrons. The molecular formula is C19H16FN3S2. The number of hydrogen-bond donors (Lipinski definition) is 1. The lowest BCUT2D eigenvalue weighted by molar-refractivity contribution is 0.633. The second-order valence-corrected chi connectivity index (χ2v) is 8.50. The number of halogens is 1. The summed E-state index contributed by atoms with van der Waals surface area (Å²) in [6.45, 7) is 2.00. The number of nitrogens with zero attached hydrogens (tertiary/aromatic N) is 2. The van der Waals surface area contributed by atoms with Gasteiger partial charge in [-0.25, -0.2) is 4.39 Å². The van der Waals surface area contributed by atoms with Gasteiger partial charge < -0.3 is 5.32 Å². The minimum atomic E-state index is -0.259. The van der Waals surface area contributed by atoms with Crippen LogP contribution in [0.15, 0.2) is 36.5 Å². The first kappa shape index (κ1) is 15.3. The van der Waals surface area contributed by atoms with Gasteiger partial charge in [-0.3, -0.25) is 4.68 Å². The minimum absolute atomic E-state index is 0.259. The average molecular weight is 369 g/mol. The first-order valence-electron chi connectivity index (χ1n) is 8.24. The van der Waals surface area contributed by atoms with Crippen molar-refractivity contribution in [3.05, 3.63) is 47.2 Å². The van der Waals surface area contributed by atoms with E-state index in [4.69, 9.17) is 0 Å². The standard InChI is InChI=1S/C19H16FN3S2/c1-23-10-13-6-12(7-14(20)19(13)22-23)16-9-18-17(25-16)8-15(24-18)11-2-4-21-5-3-11/h2,6-10,21H,3-5H2,1H3. The lowest BCUT2D eigenvalue weighted by atomic mass is 10.1. The molecule has 1 aromatic carbocycles. The molecule has 0 spiro atoms. The highest BCUT2D eigenvalue weighted by atomic mass is 32.1. The van der Waals surface area contributed by atoms with Gasteiger partial charge in [0.2, 0.25) is 0 Å². The van der Waals surface area contributed by atoms with E-state index in [1.165, 1.54) is 19.9 Å². The van der Waals surface area contributed by atoms with E-state index in [2.05, 4.69) is 28.6 Å². The molecule has 4 heterocycles. The molecule has 0 bridgehead atoms. The summed E-state index contributed by atoms with van der Waals surface area (Å²) in [7, 11) is 1.82. The van der Waals surface area contributed by atoms with Gasteiger partial charge in [-0.1, -0.05) is 6.08 Å². The molecule has 1 aliphatic rings. The number of nitrogens with one attached hydrogen (secondary N) is 1. The van der Waals surface area contributed by atoms with Crippen molar-refractivity contribution in [1.82, 2.24) is 15.1 Å². The summed E-state index contributed by atoms with van der Waals surface area (Å²) in [5.41, 5.74) is 2.80. The summed E-state index contributed by atoms with van der Waals surface area (Å²) in [5, 5.41) is 8.37. The number of rotatable bonds is 2. The predicted octanol–water partition coefficient (Wildman–Crippen LogP) is 5.03. The molecule has 4 aromatic rings. The number of thiophene rings is 2. The second-order valence-electron chi connectivity index (χ2n) is 6.33. The normalized spacial score (nSPS) is 15.2. The second kappa shape index (κ2) is 5.76. The molecule has 1 aliphatic heterocycles. The topological polar surface area (TPSA) is 29.9 Å². The average Bonchev–Trinajstić information content (AvgIpc) is 3.27. The van der Waals surface area contributed by atoms with Crippen LogP contribution in [-0.4, -0.2) is 22.9 Å². The molecule has 3 nitrogen and oxygen atoms in total. The third kappa shape index (κ3) is 2.61. The van der Waals surface area contributed by atoms with Crippen LogP contribution in [0.4, 0.5) is 4.39 Å². The highest BCUT2D eigenvalue weighted by Crippen LogP contribution is 2.41. The van der Waals surface area contributed by atoms with Gasteiger partial charge in [0.25, 0.3) is 0 Å². The number of fused-ring (bicyclic) bond motifs is 2. The predicted molar refractivity (Wildman–Crippen MR) is 105 cm³/mol. The Morgan fingerprint density at radius 1 is 1.12 bits per heavy atom. The van der Waals surface area contributed by atoms with Crippen LogP contribution in [0.2, 0.25) is 0 Å². The van der Waals surface area contributed by atoms with Crippen LogP contribution in [0, 0.1) is 5.82 Å². The molecule has 126 valence electrons. The summed E-state index contributed by atoms with van der Waals surface area (Å²) in [6, 6.07) is 8.09. The van der Waals surface area contributed by atoms with E-state index in [0.29, 0.717) is 5.52 Å². The fourth-order valence-corrected chi connectivity index (χ4v) is 5.79. The molecular weight excluding hydrogens is 353 g/mol. The van der Waals surface area contributed by atoms with Crippen LogP contribution in [0.5, 0.6) is 0 Å². The Hall–Kier alpha value is -2.02. The summed E-state index contributed by atoms with van der Waals surface area (Å²) < 4.78 is 18.6. The molecule has 25 heavy (non-hydrogen) atoms. The monoisotopic (exact) mass is 369 g/mol. The maximum Gasteiger partial charge on any atom is 0.151 e. The highest BCUT2D eigenvalue weighted by Gasteiger charge is 2.14. The molecule has 1 N–H and O–H groups in total. The van der Waals surface area contributed by atoms with E-state index in [-0.39, 0.29) is 5.82 Å². The maximum atomic E-state index is 14.4. The number of aromatic nitrogens is 2. The van der Waals surface area contributed by atoms with Crippen LogP contribution in [-0.2, 0) is 7.05 Å². The minimum Gasteiger partial charge on any atom is -0.313 e. The lowest BCUT2D eigenvalue weighted by Gasteiger charge is -2.11. The van der Waals surface area contributed by atoms with E-state index in [1.807, 2.05) is 30.6 Å². The van der Waals surface area contributed by atoms with Crippen molar-refractivity contribution >= 4 is 48.5 Å². The Morgan fingerprint density at radius 3 is 2.72 bits per heavy atom. The van der Waals surface area contributed by atoms with E-state index < -0.39 is 0 Å². The summed E-state index contributed by atoms with van der Waals surface area (Å²) in [4.78, 5) is 2.47. The van der Waals surface area contributed by atoms with Crippen molar-refractivity contribution in [2.75, 3.05) is 13.1 Å². The van der Waals surface area contributed by atoms with Gasteiger partial charge in [-0.2, -0.15) is 5.10 Å². The van der Waals surface area contributed by atoms with Gasteiger partial charge in [0, 0.05) is 44.3 Å². The summed E-state index contributed by atoms with van der Waals surface area (Å²) >= 11 is 3.57. The van der Waals surface area contributed by atoms with Gasteiger partial charge in [0.15, 0.2) is 5.82 Å². The maximum absolute atomic E-state index is 14.4. The SMILES string of the molecule is Cn1cc2cc(-c3cc4sc(C5=CCNCC5)cc4s3)cc(F)c2n1. The van der Waals surface area contributed by atoms with Gasteiger partial charge >= 0.3 is 0 Å². The number of hydrogen-bond acceptors (Lipinski definition) is 4. The Bertz CT molecular complexity index is 1100. The van der Waals surface area contributed by atoms with E-state index >= 15 is 0 Å². The van der Waals surface area contributed by atoms with Crippen molar-refractivity contribution in [1.29, 1.82) is 0 Å². The van der Waals surface area contributed by atoms with Crippen molar-refractivity contribution in [3.8, 4) is 10.4 Å². The number of benzene rings is 1. The Kier molecular flexibility index (Phi) is 3.51. The smallest absolute Gasteiger partial charge is 0.151 e. The molecule has 0 atom stereocenters. The fraction of sp³-hybridized carbons (Fsp3) is 0.211. The van der Waals surface area contributed by atoms with Crippen LogP contribution in [0.3, 0.4) is 0 Å². The molecule has 5 rings (SSSR count). The fourth-order valence-electron chi connectivity index (χ4n) is 3.34. The lowest BCUT2D eigenvalue weighted by Crippen LogP contribution is -2.19. The highest BCUT2D eigenvalue weighted by molar-refractivity contribution is 7.30. The van der Waals surface area contributed by atoms with Crippen LogP contribution in [0.1, 0.15) is 11.3 Å². The van der Waals surface area contributed by atoms with Crippen molar-refractivity contribution in [2.45, 2.75) is 6.42 Å². The quantitative estimate of drug-likeness (QED) is 0.537. The Morgan fingerprint density at radius 2 is 1.92 bits per heavy atom. The zero-order valence-corrected chi connectivity index (χ0v) is 15.3. The van der Waals surface area contributed by atoms with Crippen LogP contribution in [0.25, 0.3) is 36.3 Å². The molecule has 0 saturated carbocycles. The van der Waals surface area contributed by atoms with E-state index in [0.717, 1.165) is 35.3 Å². The molecule has 0 aliphatic carbocycles. The van der Waals surface area contributed by atoms with Crippen molar-refractivity contribution in [3.63, 3.8) is 0 Å². The molecule has 0 saturated heterocycles. The third-order valence-electron chi connectivity index (χ3n) is 4.55. The zero-order chi connectivity index (χ0) is 17.0. The summed E-state index contributed by atoms with van der Waals surface area (Å²) in [5.74, 6) is -0.259. The molecule has 0 amide bonds. The van der Waals surface area contributed by atoms with E-state index in [1.54, 1.807) is 22.1 Å². The molecule has 0 unspecified atom stereocenters. The zero-order valence-electron chi connectivity index (χ0n) is 13.7. The van der Waals surface area contributed by atoms with Gasteiger partial charge in [0.1, 0.15) is 5.52 Å². The van der Waals surface area contributed by atoms with Gasteiger partial charge in [0.05, 0.1) is 0 Å². The van der Waals surface area contributed by atoms with Gasteiger partial charge in [-0.15, -0.1) is 22.7 Å². The third-order valence-corrected chi connectivity index (χ3v) is 6.97. The molecule has 6 heteroatoms. The Balaban J connectivity index is 1.57. The van der Waals surface area contributed by atoms with Crippen LogP contribution < -0.4 is 5.32 Å². The molecule has 0 fully saturated rings. The van der Waals surface area contributed by atoms with Crippen molar-refractivity contribution < 1.29 is 4.39 Å². The largest absolute Gasteiger partial charge is 0.313 e. The van der Waals surface area contributed by atoms with Gasteiger partial charge in [-0.05, 0) is 48.4 Å². The van der Waals surface area contributed by atoms with Crippen molar-refractivity contribution in [2.24, 2.45) is 7.05 Å². The Labute approximate surface area is 152 Å². The molecule has 3 aromatic heterocycles. The first-order chi connectivity index (χ1) is 12.2. The summed E-state index contributed by atoms with van der Waals surface area (Å²) in [6.07, 6.45) is 5.23. The number of aryl methyl sites for hydroxylation is 1.